The highest BCUT2D eigenvalue weighted by molar-refractivity contribution is 6.17. The summed E-state index contributed by atoms with van der Waals surface area (Å²) in [6.45, 7) is 1.12. The minimum Gasteiger partial charge on any atom is -0.389 e. The third kappa shape index (κ3) is 2.43. The summed E-state index contributed by atoms with van der Waals surface area (Å²) in [7, 11) is 0. The fourth-order valence-electron chi connectivity index (χ4n) is 0.980. The summed E-state index contributed by atoms with van der Waals surface area (Å²) in [5.41, 5.74) is -0.684. The Morgan fingerprint density at radius 3 is 2.86 bits per heavy atom. The Morgan fingerprint density at radius 1 is 1.79 bits per heavy atom. The van der Waals surface area contributed by atoms with Gasteiger partial charge in [0.15, 0.2) is 0 Å². The molecule has 5 heteroatoms. The minimum atomic E-state index is -2.30. The molecule has 0 heterocycles. The van der Waals surface area contributed by atoms with Crippen LogP contribution in [-0.4, -0.2) is 10.0 Å². The van der Waals surface area contributed by atoms with E-state index in [9.17, 15) is 15.2 Å². The molecular formula is C9H10ClNO3. The number of halogens is 1. The minimum absolute atomic E-state index is 0.0915. The van der Waals surface area contributed by atoms with Crippen LogP contribution in [0, 0.1) is 10.1 Å². The number of hydrogen-bond acceptors (Lipinski definition) is 3. The second kappa shape index (κ2) is 4.39. The van der Waals surface area contributed by atoms with E-state index in [-0.39, 0.29) is 11.1 Å². The van der Waals surface area contributed by atoms with Gasteiger partial charge in [-0.15, -0.1) is 11.6 Å². The fraction of sp³-hybridized carbons (Fsp3) is 0.333. The van der Waals surface area contributed by atoms with Gasteiger partial charge in [-0.1, -0.05) is 6.07 Å². The molecule has 1 atom stereocenters. The standard InChI is InChI=1S/C9H10ClNO3/c1-6(12)8-2-7(5-10)3-9(4-8)11(13)14/h2-4,6,12H,5H2,1H3/i5D2,6D. The van der Waals surface area contributed by atoms with E-state index in [1.54, 1.807) is 0 Å². The lowest BCUT2D eigenvalue weighted by molar-refractivity contribution is -0.385. The van der Waals surface area contributed by atoms with Gasteiger partial charge in [-0.05, 0) is 18.1 Å². The predicted molar refractivity (Wildman–Crippen MR) is 53.3 cm³/mol. The summed E-state index contributed by atoms with van der Waals surface area (Å²) in [5, 5.41) is 20.1. The van der Waals surface area contributed by atoms with Crippen molar-refractivity contribution < 1.29 is 14.1 Å². The van der Waals surface area contributed by atoms with Gasteiger partial charge >= 0.3 is 0 Å². The fourth-order valence-corrected chi connectivity index (χ4v) is 1.09. The molecular weight excluding hydrogens is 206 g/mol. The van der Waals surface area contributed by atoms with Gasteiger partial charge in [0.2, 0.25) is 0 Å². The van der Waals surface area contributed by atoms with Crippen LogP contribution in [0.1, 0.15) is 28.2 Å². The van der Waals surface area contributed by atoms with Crippen LogP contribution in [0.25, 0.3) is 0 Å². The summed E-state index contributed by atoms with van der Waals surface area (Å²) >= 11 is 5.43. The summed E-state index contributed by atoms with van der Waals surface area (Å²) in [6, 6.07) is 3.12. The number of nitro groups is 1. The predicted octanol–water partition coefficient (Wildman–Crippen LogP) is 2.39. The van der Waals surface area contributed by atoms with E-state index < -0.39 is 22.5 Å². The maximum absolute atomic E-state index is 10.7. The van der Waals surface area contributed by atoms with Gasteiger partial charge in [0, 0.05) is 20.7 Å². The first kappa shape index (κ1) is 7.20. The lowest BCUT2D eigenvalue weighted by Crippen LogP contribution is -1.96. The smallest absolute Gasteiger partial charge is 0.270 e. The molecule has 1 rings (SSSR count). The number of aliphatic hydroxyl groups is 1. The Morgan fingerprint density at radius 2 is 2.43 bits per heavy atom. The van der Waals surface area contributed by atoms with Gasteiger partial charge in [0.1, 0.15) is 0 Å². The Balaban J connectivity index is 3.45. The first-order valence-electron chi connectivity index (χ1n) is 5.23. The number of nitrogens with zero attached hydrogens (tertiary/aromatic N) is 1. The average Bonchev–Trinajstić information content (AvgIpc) is 2.14. The van der Waals surface area contributed by atoms with E-state index in [2.05, 4.69) is 0 Å². The van der Waals surface area contributed by atoms with Crippen molar-refractivity contribution in [1.29, 1.82) is 0 Å². The van der Waals surface area contributed by atoms with E-state index in [4.69, 9.17) is 15.7 Å². The third-order valence-corrected chi connectivity index (χ3v) is 1.87. The topological polar surface area (TPSA) is 63.4 Å². The Kier molecular flexibility index (Phi) is 2.26. The molecule has 0 saturated heterocycles. The van der Waals surface area contributed by atoms with Crippen LogP contribution >= 0.6 is 11.6 Å². The van der Waals surface area contributed by atoms with E-state index in [0.29, 0.717) is 0 Å². The number of nitro benzene ring substituents is 1. The molecule has 0 fully saturated rings. The highest BCUT2D eigenvalue weighted by Crippen LogP contribution is 2.22. The van der Waals surface area contributed by atoms with E-state index in [1.807, 2.05) is 0 Å². The van der Waals surface area contributed by atoms with Crippen LogP contribution < -0.4 is 0 Å². The summed E-state index contributed by atoms with van der Waals surface area (Å²) in [6.07, 6.45) is -2.05. The second-order valence-electron chi connectivity index (χ2n) is 2.71. The zero-order valence-electron chi connectivity index (χ0n) is 10.3. The number of non-ortho nitro benzene ring substituents is 1. The molecule has 1 aromatic rings. The number of rotatable bonds is 3. The quantitative estimate of drug-likeness (QED) is 0.481. The van der Waals surface area contributed by atoms with Crippen molar-refractivity contribution in [2.45, 2.75) is 18.8 Å². The lowest BCUT2D eigenvalue weighted by atomic mass is 10.1. The van der Waals surface area contributed by atoms with Crippen molar-refractivity contribution in [2.75, 3.05) is 0 Å². The van der Waals surface area contributed by atoms with Crippen molar-refractivity contribution in [3.63, 3.8) is 0 Å². The molecule has 1 unspecified atom stereocenters. The van der Waals surface area contributed by atoms with Crippen LogP contribution in [0.5, 0.6) is 0 Å². The van der Waals surface area contributed by atoms with Crippen molar-refractivity contribution in [2.24, 2.45) is 0 Å². The van der Waals surface area contributed by atoms with Gasteiger partial charge in [0.05, 0.1) is 12.4 Å². The molecule has 0 aliphatic heterocycles. The maximum Gasteiger partial charge on any atom is 0.270 e. The Bertz CT molecular complexity index is 422. The Labute approximate surface area is 90.5 Å². The second-order valence-corrected chi connectivity index (χ2v) is 2.89. The molecule has 1 aromatic carbocycles. The van der Waals surface area contributed by atoms with E-state index >= 15 is 0 Å². The maximum atomic E-state index is 10.7. The first-order valence-corrected chi connectivity index (χ1v) is 4.11. The third-order valence-electron chi connectivity index (χ3n) is 1.66. The highest BCUT2D eigenvalue weighted by Gasteiger charge is 2.11. The zero-order chi connectivity index (χ0) is 13.4. The molecule has 0 aromatic heterocycles. The first-order chi connectivity index (χ1) is 7.51. The van der Waals surface area contributed by atoms with Gasteiger partial charge < -0.3 is 5.11 Å². The van der Waals surface area contributed by atoms with Crippen LogP contribution in [0.2, 0.25) is 0 Å². The zero-order valence-corrected chi connectivity index (χ0v) is 8.08. The summed E-state index contributed by atoms with van der Waals surface area (Å²) in [5.74, 6) is -2.30. The van der Waals surface area contributed by atoms with Crippen LogP contribution in [0.4, 0.5) is 5.69 Å². The van der Waals surface area contributed by atoms with Crippen molar-refractivity contribution in [3.05, 3.63) is 39.4 Å². The van der Waals surface area contributed by atoms with Crippen LogP contribution in [-0.2, 0) is 5.83 Å². The highest BCUT2D eigenvalue weighted by atomic mass is 35.5. The average molecular weight is 219 g/mol. The van der Waals surface area contributed by atoms with Crippen LogP contribution in [0.15, 0.2) is 18.2 Å². The van der Waals surface area contributed by atoms with Crippen LogP contribution in [0.3, 0.4) is 0 Å². The molecule has 0 saturated carbocycles. The monoisotopic (exact) mass is 218 g/mol. The molecule has 0 amide bonds. The number of benzene rings is 1. The van der Waals surface area contributed by atoms with Gasteiger partial charge in [-0.3, -0.25) is 10.1 Å². The van der Waals surface area contributed by atoms with Gasteiger partial charge in [-0.25, -0.2) is 0 Å². The lowest BCUT2D eigenvalue weighted by Gasteiger charge is -2.06. The SMILES string of the molecule is [2H]C(C)(O)c1cc([N+](=O)[O-])cc(C([2H])([2H])Cl)c1. The van der Waals surface area contributed by atoms with E-state index in [0.717, 1.165) is 25.1 Å². The molecule has 4 nitrogen and oxygen atoms in total. The van der Waals surface area contributed by atoms with Gasteiger partial charge in [0.25, 0.3) is 5.69 Å². The molecule has 14 heavy (non-hydrogen) atoms. The molecule has 0 spiro atoms. The number of hydrogen-bond donors (Lipinski definition) is 1. The molecule has 0 radical (unpaired) electrons. The molecule has 0 bridgehead atoms. The molecule has 1 N–H and O–H groups in total. The van der Waals surface area contributed by atoms with Crippen molar-refractivity contribution in [3.8, 4) is 0 Å². The number of alkyl halides is 1. The van der Waals surface area contributed by atoms with E-state index in [1.165, 1.54) is 0 Å². The van der Waals surface area contributed by atoms with Crippen molar-refractivity contribution in [1.82, 2.24) is 0 Å². The molecule has 0 aliphatic carbocycles. The molecule has 0 aliphatic rings. The van der Waals surface area contributed by atoms with Gasteiger partial charge in [-0.2, -0.15) is 0 Å². The normalized spacial score (nSPS) is 18.9. The summed E-state index contributed by atoms with van der Waals surface area (Å²) < 4.78 is 21.9. The Hall–Kier alpha value is -1.13. The summed E-state index contributed by atoms with van der Waals surface area (Å²) in [4.78, 5) is 9.92. The largest absolute Gasteiger partial charge is 0.389 e. The van der Waals surface area contributed by atoms with Crippen molar-refractivity contribution >= 4 is 17.3 Å². The molecule has 76 valence electrons.